The lowest BCUT2D eigenvalue weighted by atomic mass is 10.1. The van der Waals surface area contributed by atoms with Crippen molar-refractivity contribution >= 4 is 44.9 Å². The summed E-state index contributed by atoms with van der Waals surface area (Å²) in [4.78, 5) is 0. The fraction of sp³-hybridized carbons (Fsp3) is 0. The van der Waals surface area contributed by atoms with Crippen molar-refractivity contribution in [3.63, 3.8) is 0 Å². The van der Waals surface area contributed by atoms with Crippen molar-refractivity contribution in [3.05, 3.63) is 121 Å². The van der Waals surface area contributed by atoms with Gasteiger partial charge in [-0.3, -0.25) is 0 Å². The Morgan fingerprint density at radius 3 is 1.82 bits per heavy atom. The molecule has 0 N–H and O–H groups in total. The quantitative estimate of drug-likeness (QED) is 0.285. The van der Waals surface area contributed by atoms with Gasteiger partial charge in [-0.25, -0.2) is 0 Å². The Labute approximate surface area is 192 Å². The van der Waals surface area contributed by atoms with Gasteiger partial charge in [0.25, 0.3) is 0 Å². The average Bonchev–Trinajstić information content (AvgIpc) is 3.35. The van der Waals surface area contributed by atoms with Gasteiger partial charge in [-0.15, -0.1) is 0 Å². The Bertz CT molecular complexity index is 1700. The fourth-order valence-electron chi connectivity index (χ4n) is 5.37. The molecule has 0 amide bonds. The van der Waals surface area contributed by atoms with Gasteiger partial charge in [-0.2, -0.15) is 0 Å². The summed E-state index contributed by atoms with van der Waals surface area (Å²) in [6, 6.07) is 41.6. The highest BCUT2D eigenvalue weighted by Gasteiger charge is 2.39. The third kappa shape index (κ3) is 2.47. The molecule has 1 aliphatic rings. The zero-order valence-corrected chi connectivity index (χ0v) is 18.7. The van der Waals surface area contributed by atoms with Gasteiger partial charge in [0.05, 0.1) is 11.0 Å². The van der Waals surface area contributed by atoms with Gasteiger partial charge in [-0.1, -0.05) is 84.9 Å². The molecule has 5 aromatic carbocycles. The molecule has 0 spiro atoms. The van der Waals surface area contributed by atoms with Gasteiger partial charge >= 0.3 is 0 Å². The zero-order chi connectivity index (χ0) is 22.0. The minimum absolute atomic E-state index is 0.892. The predicted octanol–water partition coefficient (Wildman–Crippen LogP) is 6.40. The highest BCUT2D eigenvalue weighted by atomic mass is 31.2. The van der Waals surface area contributed by atoms with Crippen LogP contribution in [0, 0.1) is 0 Å². The Morgan fingerprint density at radius 1 is 0.515 bits per heavy atom. The third-order valence-corrected chi connectivity index (χ3v) is 9.95. The van der Waals surface area contributed by atoms with Crippen LogP contribution in [0.4, 0.5) is 0 Å². The molecule has 2 nitrogen and oxygen atoms in total. The Morgan fingerprint density at radius 2 is 1.09 bits per heavy atom. The first-order valence-corrected chi connectivity index (χ1v) is 12.9. The van der Waals surface area contributed by atoms with Crippen molar-refractivity contribution < 1.29 is 4.57 Å². The summed E-state index contributed by atoms with van der Waals surface area (Å²) >= 11 is 0. The van der Waals surface area contributed by atoms with Gasteiger partial charge < -0.3 is 9.13 Å². The van der Waals surface area contributed by atoms with Crippen molar-refractivity contribution in [2.75, 3.05) is 0 Å². The molecule has 0 radical (unpaired) electrons. The van der Waals surface area contributed by atoms with E-state index >= 15 is 0 Å². The minimum atomic E-state index is -2.96. The number of aromatic nitrogens is 1. The van der Waals surface area contributed by atoms with Crippen molar-refractivity contribution in [2.45, 2.75) is 0 Å². The van der Waals surface area contributed by atoms with Crippen molar-refractivity contribution in [1.29, 1.82) is 0 Å². The van der Waals surface area contributed by atoms with E-state index in [0.29, 0.717) is 0 Å². The van der Waals surface area contributed by atoms with E-state index in [4.69, 9.17) is 0 Å². The van der Waals surface area contributed by atoms with E-state index in [1.807, 2.05) is 42.5 Å². The van der Waals surface area contributed by atoms with Crippen LogP contribution in [0.25, 0.3) is 38.6 Å². The summed E-state index contributed by atoms with van der Waals surface area (Å²) < 4.78 is 17.2. The summed E-state index contributed by atoms with van der Waals surface area (Å²) in [5, 5.41) is 5.08. The van der Waals surface area contributed by atoms with E-state index in [1.54, 1.807) is 0 Å². The Hall–Kier alpha value is -3.87. The highest BCUT2D eigenvalue weighted by Crippen LogP contribution is 2.52. The van der Waals surface area contributed by atoms with Gasteiger partial charge in [0, 0.05) is 32.4 Å². The van der Waals surface area contributed by atoms with E-state index in [9.17, 15) is 4.57 Å². The number of fused-ring (bicyclic) bond motifs is 6. The van der Waals surface area contributed by atoms with E-state index in [-0.39, 0.29) is 0 Å². The maximum atomic E-state index is 14.9. The second-order valence-electron chi connectivity index (χ2n) is 8.53. The van der Waals surface area contributed by atoms with Gasteiger partial charge in [0.2, 0.25) is 0 Å². The molecule has 3 heteroatoms. The van der Waals surface area contributed by atoms with Crippen LogP contribution in [0.2, 0.25) is 0 Å². The lowest BCUT2D eigenvalue weighted by Gasteiger charge is -2.16. The number of para-hydroxylation sites is 2. The van der Waals surface area contributed by atoms with Crippen LogP contribution in [0.15, 0.2) is 121 Å². The number of rotatable bonds is 2. The molecule has 6 aromatic rings. The molecular formula is C30H20NOP. The molecule has 0 saturated heterocycles. The van der Waals surface area contributed by atoms with E-state index < -0.39 is 7.14 Å². The molecule has 0 unspecified atom stereocenters. The van der Waals surface area contributed by atoms with Crippen LogP contribution < -0.4 is 15.9 Å². The first-order valence-electron chi connectivity index (χ1n) is 11.2. The predicted molar refractivity (Wildman–Crippen MR) is 139 cm³/mol. The largest absolute Gasteiger partial charge is 0.309 e. The number of hydrogen-bond donors (Lipinski definition) is 0. The molecule has 2 heterocycles. The molecule has 0 aliphatic carbocycles. The van der Waals surface area contributed by atoms with Crippen molar-refractivity contribution in [1.82, 2.24) is 4.57 Å². The molecule has 1 aliphatic heterocycles. The lowest BCUT2D eigenvalue weighted by Crippen LogP contribution is -2.20. The first-order chi connectivity index (χ1) is 16.3. The van der Waals surface area contributed by atoms with E-state index in [1.165, 1.54) is 5.39 Å². The summed E-state index contributed by atoms with van der Waals surface area (Å²) in [6.45, 7) is 0. The minimum Gasteiger partial charge on any atom is -0.309 e. The van der Waals surface area contributed by atoms with E-state index in [0.717, 1.165) is 49.1 Å². The fourth-order valence-corrected chi connectivity index (χ4v) is 8.44. The molecule has 0 fully saturated rings. The Kier molecular flexibility index (Phi) is 3.86. The number of nitrogens with zero attached hydrogens (tertiary/aromatic N) is 1. The summed E-state index contributed by atoms with van der Waals surface area (Å²) in [7, 11) is -2.96. The maximum Gasteiger partial charge on any atom is 0.172 e. The monoisotopic (exact) mass is 441 g/mol. The molecule has 7 rings (SSSR count). The molecular weight excluding hydrogens is 421 g/mol. The highest BCUT2D eigenvalue weighted by molar-refractivity contribution is 7.86. The molecule has 33 heavy (non-hydrogen) atoms. The number of hydrogen-bond acceptors (Lipinski definition) is 1. The summed E-state index contributed by atoms with van der Waals surface area (Å²) in [5.41, 5.74) is 5.58. The number of benzene rings is 5. The van der Waals surface area contributed by atoms with Crippen LogP contribution >= 0.6 is 7.14 Å². The van der Waals surface area contributed by atoms with Crippen LogP contribution in [-0.2, 0) is 4.57 Å². The van der Waals surface area contributed by atoms with Crippen molar-refractivity contribution in [2.24, 2.45) is 0 Å². The van der Waals surface area contributed by atoms with E-state index in [2.05, 4.69) is 83.4 Å². The smallest absolute Gasteiger partial charge is 0.172 e. The van der Waals surface area contributed by atoms with Crippen LogP contribution in [0.5, 0.6) is 0 Å². The van der Waals surface area contributed by atoms with Crippen LogP contribution in [0.1, 0.15) is 0 Å². The second kappa shape index (κ2) is 6.81. The van der Waals surface area contributed by atoms with Crippen LogP contribution in [0.3, 0.4) is 0 Å². The first kappa shape index (κ1) is 18.7. The normalized spacial score (nSPS) is 13.8. The SMILES string of the molecule is O=P1(c2ccc3c(c2)c2ccccc2n3-c2ccccc2)c2ccccc2-c2ccccc21. The lowest BCUT2D eigenvalue weighted by molar-refractivity contribution is 0.593. The van der Waals surface area contributed by atoms with Gasteiger partial charge in [0.1, 0.15) is 0 Å². The third-order valence-electron chi connectivity index (χ3n) is 6.81. The molecule has 0 saturated carbocycles. The topological polar surface area (TPSA) is 22.0 Å². The molecule has 156 valence electrons. The van der Waals surface area contributed by atoms with Crippen LogP contribution in [-0.4, -0.2) is 4.57 Å². The standard InChI is InChI=1S/C30H20NOP/c32-33(29-16-8-5-13-24(29)25-14-6-9-17-30(25)33)22-18-19-28-26(20-22)23-12-4-7-15-27(23)31(28)21-10-2-1-3-11-21/h1-20H. The molecule has 1 aromatic heterocycles. The van der Waals surface area contributed by atoms with Gasteiger partial charge in [-0.05, 0) is 47.5 Å². The Balaban J connectivity index is 1.56. The zero-order valence-electron chi connectivity index (χ0n) is 17.8. The maximum absolute atomic E-state index is 14.9. The van der Waals surface area contributed by atoms with Crippen molar-refractivity contribution in [3.8, 4) is 16.8 Å². The van der Waals surface area contributed by atoms with Gasteiger partial charge in [0.15, 0.2) is 7.14 Å². The summed E-state index contributed by atoms with van der Waals surface area (Å²) in [6.07, 6.45) is 0. The molecule has 0 atom stereocenters. The molecule has 0 bridgehead atoms. The average molecular weight is 441 g/mol. The second-order valence-corrected chi connectivity index (χ2v) is 11.2. The summed E-state index contributed by atoms with van der Waals surface area (Å²) in [5.74, 6) is 0.